The van der Waals surface area contributed by atoms with Crippen LogP contribution in [0.5, 0.6) is 0 Å². The zero-order valence-electron chi connectivity index (χ0n) is 8.53. The molecule has 0 saturated carbocycles. The molecule has 4 heteroatoms. The quantitative estimate of drug-likeness (QED) is 0.749. The number of hydrogen-bond donors (Lipinski definition) is 0. The summed E-state index contributed by atoms with van der Waals surface area (Å²) in [6.45, 7) is 2.21. The first-order valence-corrected chi connectivity index (χ1v) is 7.45. The molecule has 0 heterocycles. The Labute approximate surface area is 94.7 Å². The average molecular weight is 245 g/mol. The van der Waals surface area contributed by atoms with Gasteiger partial charge in [0.15, 0.2) is 0 Å². The molecule has 1 aromatic carbocycles. The summed E-state index contributed by atoms with van der Waals surface area (Å²) in [6.07, 6.45) is 2.15. The van der Waals surface area contributed by atoms with Crippen LogP contribution in [0.2, 0.25) is 0 Å². The zero-order valence-corrected chi connectivity index (χ0v) is 10.1. The minimum Gasteiger partial charge on any atom is -0.212 e. The van der Waals surface area contributed by atoms with Crippen LogP contribution >= 0.6 is 10.7 Å². The Morgan fingerprint density at radius 3 is 2.67 bits per heavy atom. The maximum absolute atomic E-state index is 10.9. The minimum atomic E-state index is -3.44. The predicted molar refractivity (Wildman–Crippen MR) is 61.5 cm³/mol. The standard InChI is InChI=1S/C11H13ClO2S/c1-8-4-10-3-2-9(6-11(10)5-8)7-15(12,13)14/h2-3,6,8H,4-5,7H2,1H3. The number of hydrogen-bond acceptors (Lipinski definition) is 2. The molecule has 15 heavy (non-hydrogen) atoms. The molecule has 0 N–H and O–H groups in total. The molecule has 1 unspecified atom stereocenters. The maximum Gasteiger partial charge on any atom is 0.236 e. The summed E-state index contributed by atoms with van der Waals surface area (Å²) >= 11 is 0. The number of halogens is 1. The summed E-state index contributed by atoms with van der Waals surface area (Å²) in [5.74, 6) is 0.596. The van der Waals surface area contributed by atoms with E-state index in [1.165, 1.54) is 11.1 Å². The molecule has 0 radical (unpaired) electrons. The molecule has 0 bridgehead atoms. The Morgan fingerprint density at radius 2 is 2.00 bits per heavy atom. The molecule has 82 valence electrons. The minimum absolute atomic E-state index is 0.0732. The maximum atomic E-state index is 10.9. The van der Waals surface area contributed by atoms with Gasteiger partial charge < -0.3 is 0 Å². The van der Waals surface area contributed by atoms with Crippen molar-refractivity contribution in [2.45, 2.75) is 25.5 Å². The van der Waals surface area contributed by atoms with E-state index in [2.05, 4.69) is 6.92 Å². The van der Waals surface area contributed by atoms with Crippen LogP contribution < -0.4 is 0 Å². The van der Waals surface area contributed by atoms with Gasteiger partial charge in [-0.1, -0.05) is 25.1 Å². The topological polar surface area (TPSA) is 34.1 Å². The van der Waals surface area contributed by atoms with Crippen LogP contribution in [-0.2, 0) is 27.6 Å². The average Bonchev–Trinajstić information content (AvgIpc) is 2.40. The Kier molecular flexibility index (Phi) is 2.77. The molecule has 0 aliphatic heterocycles. The molecule has 0 fully saturated rings. The van der Waals surface area contributed by atoms with Gasteiger partial charge in [0, 0.05) is 10.7 Å². The molecular formula is C11H13ClO2S. The van der Waals surface area contributed by atoms with Gasteiger partial charge in [0.25, 0.3) is 0 Å². The smallest absolute Gasteiger partial charge is 0.212 e. The highest BCUT2D eigenvalue weighted by Crippen LogP contribution is 2.27. The van der Waals surface area contributed by atoms with E-state index in [0.29, 0.717) is 5.92 Å². The van der Waals surface area contributed by atoms with Gasteiger partial charge in [0.2, 0.25) is 9.05 Å². The lowest BCUT2D eigenvalue weighted by Gasteiger charge is -2.02. The molecule has 0 spiro atoms. The Hall–Kier alpha value is -0.540. The summed E-state index contributed by atoms with van der Waals surface area (Å²) in [7, 11) is 1.78. The molecule has 0 amide bonds. The normalized spacial score (nSPS) is 20.3. The first kappa shape index (κ1) is 11.0. The van der Waals surface area contributed by atoms with Crippen molar-refractivity contribution in [3.05, 3.63) is 34.9 Å². The summed E-state index contributed by atoms with van der Waals surface area (Å²) in [4.78, 5) is 0. The molecule has 0 saturated heterocycles. The second-order valence-corrected chi connectivity index (χ2v) is 7.08. The van der Waals surface area contributed by atoms with Gasteiger partial charge in [-0.3, -0.25) is 0 Å². The van der Waals surface area contributed by atoms with E-state index >= 15 is 0 Å². The predicted octanol–water partition coefficient (Wildman–Crippen LogP) is 2.49. The van der Waals surface area contributed by atoms with Gasteiger partial charge in [0.05, 0.1) is 5.75 Å². The lowest BCUT2D eigenvalue weighted by Crippen LogP contribution is -1.96. The first-order chi connectivity index (χ1) is 6.94. The monoisotopic (exact) mass is 244 g/mol. The van der Waals surface area contributed by atoms with Crippen molar-refractivity contribution in [3.8, 4) is 0 Å². The van der Waals surface area contributed by atoms with E-state index in [-0.39, 0.29) is 5.75 Å². The lowest BCUT2D eigenvalue weighted by molar-refractivity contribution is 0.609. The van der Waals surface area contributed by atoms with Gasteiger partial charge in [-0.2, -0.15) is 0 Å². The Bertz CT molecular complexity index is 479. The number of rotatable bonds is 2. The van der Waals surface area contributed by atoms with Crippen molar-refractivity contribution in [2.24, 2.45) is 5.92 Å². The number of benzene rings is 1. The van der Waals surface area contributed by atoms with E-state index < -0.39 is 9.05 Å². The fourth-order valence-electron chi connectivity index (χ4n) is 2.18. The summed E-state index contributed by atoms with van der Waals surface area (Å²) in [6, 6.07) is 5.85. The van der Waals surface area contributed by atoms with Crippen LogP contribution in [-0.4, -0.2) is 8.42 Å². The summed E-state index contributed by atoms with van der Waals surface area (Å²) < 4.78 is 21.9. The summed E-state index contributed by atoms with van der Waals surface area (Å²) in [5.41, 5.74) is 3.41. The fraction of sp³-hybridized carbons (Fsp3) is 0.455. The molecule has 1 aliphatic carbocycles. The SMILES string of the molecule is CC1Cc2ccc(CS(=O)(=O)Cl)cc2C1. The fourth-order valence-corrected chi connectivity index (χ4v) is 3.14. The van der Waals surface area contributed by atoms with E-state index in [0.717, 1.165) is 18.4 Å². The third-order valence-electron chi connectivity index (χ3n) is 2.75. The highest BCUT2D eigenvalue weighted by Gasteiger charge is 2.18. The van der Waals surface area contributed by atoms with Gasteiger partial charge in [0.1, 0.15) is 0 Å². The second kappa shape index (κ2) is 3.80. The molecule has 2 nitrogen and oxygen atoms in total. The van der Waals surface area contributed by atoms with E-state index in [1.807, 2.05) is 18.2 Å². The van der Waals surface area contributed by atoms with Crippen molar-refractivity contribution >= 4 is 19.7 Å². The van der Waals surface area contributed by atoms with Crippen LogP contribution in [0.15, 0.2) is 18.2 Å². The molecule has 1 atom stereocenters. The van der Waals surface area contributed by atoms with Crippen molar-refractivity contribution in [3.63, 3.8) is 0 Å². The third kappa shape index (κ3) is 2.73. The van der Waals surface area contributed by atoms with Gasteiger partial charge in [-0.25, -0.2) is 8.42 Å². The lowest BCUT2D eigenvalue weighted by atomic mass is 10.1. The van der Waals surface area contributed by atoms with Gasteiger partial charge in [-0.15, -0.1) is 0 Å². The van der Waals surface area contributed by atoms with Crippen molar-refractivity contribution in [1.29, 1.82) is 0 Å². The van der Waals surface area contributed by atoms with E-state index in [1.54, 1.807) is 0 Å². The van der Waals surface area contributed by atoms with Gasteiger partial charge in [-0.05, 0) is 35.4 Å². The van der Waals surface area contributed by atoms with Crippen LogP contribution in [0.25, 0.3) is 0 Å². The Balaban J connectivity index is 2.28. The highest BCUT2D eigenvalue weighted by atomic mass is 35.7. The largest absolute Gasteiger partial charge is 0.236 e. The van der Waals surface area contributed by atoms with E-state index in [9.17, 15) is 8.42 Å². The van der Waals surface area contributed by atoms with E-state index in [4.69, 9.17) is 10.7 Å². The molecular weight excluding hydrogens is 232 g/mol. The number of fused-ring (bicyclic) bond motifs is 1. The van der Waals surface area contributed by atoms with Crippen LogP contribution in [0.3, 0.4) is 0 Å². The summed E-state index contributed by atoms with van der Waals surface area (Å²) in [5, 5.41) is 0. The zero-order chi connectivity index (χ0) is 11.1. The molecule has 1 aromatic rings. The van der Waals surface area contributed by atoms with Crippen molar-refractivity contribution in [1.82, 2.24) is 0 Å². The first-order valence-electron chi connectivity index (χ1n) is 4.97. The van der Waals surface area contributed by atoms with Gasteiger partial charge >= 0.3 is 0 Å². The third-order valence-corrected chi connectivity index (χ3v) is 3.75. The second-order valence-electron chi connectivity index (χ2n) is 4.30. The molecule has 1 aliphatic rings. The highest BCUT2D eigenvalue weighted by molar-refractivity contribution is 8.13. The van der Waals surface area contributed by atoms with Crippen LogP contribution in [0, 0.1) is 5.92 Å². The molecule has 2 rings (SSSR count). The van der Waals surface area contributed by atoms with Crippen molar-refractivity contribution < 1.29 is 8.42 Å². The Morgan fingerprint density at radius 1 is 1.33 bits per heavy atom. The molecule has 0 aromatic heterocycles. The van der Waals surface area contributed by atoms with Crippen LogP contribution in [0.4, 0.5) is 0 Å². The van der Waals surface area contributed by atoms with Crippen LogP contribution in [0.1, 0.15) is 23.6 Å². The van der Waals surface area contributed by atoms with Crippen molar-refractivity contribution in [2.75, 3.05) is 0 Å².